The SMILES string of the molecule is COc1ccc(Cn2cnc(C(F)F)n2)cc1. The van der Waals surface area contributed by atoms with E-state index in [4.69, 9.17) is 4.74 Å². The van der Waals surface area contributed by atoms with Crippen LogP contribution < -0.4 is 4.74 Å². The Morgan fingerprint density at radius 2 is 2.00 bits per heavy atom. The summed E-state index contributed by atoms with van der Waals surface area (Å²) in [6.07, 6.45) is -1.33. The van der Waals surface area contributed by atoms with Crippen molar-refractivity contribution in [2.45, 2.75) is 13.0 Å². The van der Waals surface area contributed by atoms with E-state index in [-0.39, 0.29) is 0 Å². The highest BCUT2D eigenvalue weighted by Gasteiger charge is 2.12. The number of nitrogens with zero attached hydrogens (tertiary/aromatic N) is 3. The van der Waals surface area contributed by atoms with E-state index in [0.29, 0.717) is 6.54 Å². The van der Waals surface area contributed by atoms with Crippen LogP contribution in [0.3, 0.4) is 0 Å². The number of rotatable bonds is 4. The monoisotopic (exact) mass is 239 g/mol. The highest BCUT2D eigenvalue weighted by molar-refractivity contribution is 5.27. The summed E-state index contributed by atoms with van der Waals surface area (Å²) >= 11 is 0. The summed E-state index contributed by atoms with van der Waals surface area (Å²) in [5, 5.41) is 3.67. The van der Waals surface area contributed by atoms with E-state index in [1.165, 1.54) is 11.0 Å². The molecule has 0 aliphatic rings. The minimum absolute atomic E-state index is 0.406. The molecule has 0 saturated carbocycles. The summed E-state index contributed by atoms with van der Waals surface area (Å²) in [6.45, 7) is 0.406. The minimum Gasteiger partial charge on any atom is -0.497 e. The van der Waals surface area contributed by atoms with Crippen molar-refractivity contribution in [2.75, 3.05) is 7.11 Å². The second-order valence-electron chi connectivity index (χ2n) is 3.45. The van der Waals surface area contributed by atoms with Gasteiger partial charge in [0.05, 0.1) is 13.7 Å². The highest BCUT2D eigenvalue weighted by Crippen LogP contribution is 2.14. The lowest BCUT2D eigenvalue weighted by Crippen LogP contribution is -2.01. The van der Waals surface area contributed by atoms with E-state index in [9.17, 15) is 8.78 Å². The van der Waals surface area contributed by atoms with E-state index in [0.717, 1.165) is 11.3 Å². The van der Waals surface area contributed by atoms with E-state index < -0.39 is 12.2 Å². The van der Waals surface area contributed by atoms with Gasteiger partial charge in [0.15, 0.2) is 0 Å². The molecule has 1 heterocycles. The Hall–Kier alpha value is -1.98. The lowest BCUT2D eigenvalue weighted by atomic mass is 10.2. The number of alkyl halides is 2. The van der Waals surface area contributed by atoms with Gasteiger partial charge in [-0.3, -0.25) is 0 Å². The van der Waals surface area contributed by atoms with Crippen LogP contribution in [0.25, 0.3) is 0 Å². The predicted octanol–water partition coefficient (Wildman–Crippen LogP) is 2.27. The van der Waals surface area contributed by atoms with Gasteiger partial charge in [0, 0.05) is 0 Å². The smallest absolute Gasteiger partial charge is 0.299 e. The third-order valence-electron chi connectivity index (χ3n) is 2.25. The first kappa shape index (κ1) is 11.5. The third-order valence-corrected chi connectivity index (χ3v) is 2.25. The van der Waals surface area contributed by atoms with E-state index in [1.54, 1.807) is 19.2 Å². The first-order valence-corrected chi connectivity index (χ1v) is 4.99. The van der Waals surface area contributed by atoms with Crippen molar-refractivity contribution >= 4 is 0 Å². The average Bonchev–Trinajstić information content (AvgIpc) is 2.79. The molecule has 0 spiro atoms. The van der Waals surface area contributed by atoms with E-state index >= 15 is 0 Å². The van der Waals surface area contributed by atoms with Crippen molar-refractivity contribution in [2.24, 2.45) is 0 Å². The standard InChI is InChI=1S/C11H11F2N3O/c1-17-9-4-2-8(3-5-9)6-16-7-14-11(15-16)10(12)13/h2-5,7,10H,6H2,1H3. The van der Waals surface area contributed by atoms with Gasteiger partial charge in [0.25, 0.3) is 6.43 Å². The molecule has 0 amide bonds. The van der Waals surface area contributed by atoms with Gasteiger partial charge < -0.3 is 4.74 Å². The second-order valence-corrected chi connectivity index (χ2v) is 3.45. The van der Waals surface area contributed by atoms with Crippen LogP contribution in [-0.2, 0) is 6.54 Å². The molecule has 0 saturated heterocycles. The van der Waals surface area contributed by atoms with Crippen molar-refractivity contribution in [3.63, 3.8) is 0 Å². The molecule has 1 aromatic heterocycles. The quantitative estimate of drug-likeness (QED) is 0.821. The number of aromatic nitrogens is 3. The Kier molecular flexibility index (Phi) is 3.32. The van der Waals surface area contributed by atoms with Crippen molar-refractivity contribution < 1.29 is 13.5 Å². The normalized spacial score (nSPS) is 10.8. The average molecular weight is 239 g/mol. The van der Waals surface area contributed by atoms with Crippen LogP contribution in [0.5, 0.6) is 5.75 Å². The Morgan fingerprint density at radius 3 is 2.53 bits per heavy atom. The molecule has 0 unspecified atom stereocenters. The maximum Gasteiger partial charge on any atom is 0.299 e. The molecule has 0 radical (unpaired) electrons. The van der Waals surface area contributed by atoms with Gasteiger partial charge in [-0.1, -0.05) is 12.1 Å². The molecule has 2 aromatic rings. The summed E-state index contributed by atoms with van der Waals surface area (Å²) in [6, 6.07) is 7.31. The first-order valence-electron chi connectivity index (χ1n) is 4.99. The van der Waals surface area contributed by atoms with Crippen molar-refractivity contribution in [1.29, 1.82) is 0 Å². The van der Waals surface area contributed by atoms with Crippen LogP contribution in [-0.4, -0.2) is 21.9 Å². The molecule has 0 aliphatic heterocycles. The summed E-state index contributed by atoms with van der Waals surface area (Å²) in [5.41, 5.74) is 0.941. The van der Waals surface area contributed by atoms with E-state index in [2.05, 4.69) is 10.1 Å². The molecule has 17 heavy (non-hydrogen) atoms. The first-order chi connectivity index (χ1) is 8.19. The summed E-state index contributed by atoms with van der Waals surface area (Å²) in [4.78, 5) is 3.52. The van der Waals surface area contributed by atoms with Crippen LogP contribution in [0, 0.1) is 0 Å². The molecule has 6 heteroatoms. The Labute approximate surface area is 96.9 Å². The Morgan fingerprint density at radius 1 is 1.29 bits per heavy atom. The van der Waals surface area contributed by atoms with E-state index in [1.807, 2.05) is 12.1 Å². The fourth-order valence-electron chi connectivity index (χ4n) is 1.40. The molecule has 0 atom stereocenters. The van der Waals surface area contributed by atoms with Gasteiger partial charge in [-0.2, -0.15) is 0 Å². The van der Waals surface area contributed by atoms with Crippen LogP contribution in [0.4, 0.5) is 8.78 Å². The van der Waals surface area contributed by atoms with Crippen molar-refractivity contribution in [1.82, 2.24) is 14.8 Å². The van der Waals surface area contributed by atoms with Gasteiger partial charge in [-0.15, -0.1) is 5.10 Å². The van der Waals surface area contributed by atoms with Crippen LogP contribution in [0.15, 0.2) is 30.6 Å². The third kappa shape index (κ3) is 2.77. The number of ether oxygens (including phenoxy) is 1. The molecular formula is C11H11F2N3O. The Bertz CT molecular complexity index is 482. The molecule has 0 aliphatic carbocycles. The molecule has 2 rings (SSSR count). The zero-order valence-corrected chi connectivity index (χ0v) is 9.18. The molecule has 0 N–H and O–H groups in total. The summed E-state index contributed by atoms with van der Waals surface area (Å²) in [5.74, 6) is 0.305. The number of hydrogen-bond acceptors (Lipinski definition) is 3. The van der Waals surface area contributed by atoms with Gasteiger partial charge in [-0.05, 0) is 17.7 Å². The summed E-state index contributed by atoms with van der Waals surface area (Å²) < 4.78 is 30.9. The van der Waals surface area contributed by atoms with Crippen LogP contribution in [0.2, 0.25) is 0 Å². The molecule has 90 valence electrons. The molecular weight excluding hydrogens is 228 g/mol. The van der Waals surface area contributed by atoms with Gasteiger partial charge in [0.2, 0.25) is 5.82 Å². The molecule has 1 aromatic carbocycles. The zero-order chi connectivity index (χ0) is 12.3. The number of hydrogen-bond donors (Lipinski definition) is 0. The second kappa shape index (κ2) is 4.90. The van der Waals surface area contributed by atoms with Gasteiger partial charge in [0.1, 0.15) is 12.1 Å². The Balaban J connectivity index is 2.08. The topological polar surface area (TPSA) is 39.9 Å². The molecule has 0 fully saturated rings. The highest BCUT2D eigenvalue weighted by atomic mass is 19.3. The molecule has 4 nitrogen and oxygen atoms in total. The maximum atomic E-state index is 12.3. The number of halogens is 2. The maximum absolute atomic E-state index is 12.3. The fraction of sp³-hybridized carbons (Fsp3) is 0.273. The number of methoxy groups -OCH3 is 1. The minimum atomic E-state index is -2.63. The lowest BCUT2D eigenvalue weighted by Gasteiger charge is -2.03. The number of benzene rings is 1. The van der Waals surface area contributed by atoms with Crippen LogP contribution >= 0.6 is 0 Å². The predicted molar refractivity (Wildman–Crippen MR) is 57.1 cm³/mol. The van der Waals surface area contributed by atoms with Crippen molar-refractivity contribution in [3.8, 4) is 5.75 Å². The largest absolute Gasteiger partial charge is 0.497 e. The van der Waals surface area contributed by atoms with Crippen LogP contribution in [0.1, 0.15) is 17.8 Å². The zero-order valence-electron chi connectivity index (χ0n) is 9.18. The fourth-order valence-corrected chi connectivity index (χ4v) is 1.40. The lowest BCUT2D eigenvalue weighted by molar-refractivity contribution is 0.140. The summed E-state index contributed by atoms with van der Waals surface area (Å²) in [7, 11) is 1.58. The van der Waals surface area contributed by atoms with Crippen molar-refractivity contribution in [3.05, 3.63) is 42.0 Å². The molecule has 0 bridgehead atoms. The van der Waals surface area contributed by atoms with Gasteiger partial charge in [-0.25, -0.2) is 18.4 Å². The van der Waals surface area contributed by atoms with Gasteiger partial charge >= 0.3 is 0 Å².